The molecule has 27 heavy (non-hydrogen) atoms. The van der Waals surface area contributed by atoms with Crippen LogP contribution >= 0.6 is 0 Å². The number of nitrogens with zero attached hydrogens (tertiary/aromatic N) is 2. The topological polar surface area (TPSA) is 77.2 Å². The third-order valence-corrected chi connectivity index (χ3v) is 3.82. The highest BCUT2D eigenvalue weighted by Gasteiger charge is 2.13. The molecular formula is C20H20FN3O3. The first-order chi connectivity index (χ1) is 13.2. The Bertz CT molecular complexity index is 893. The second-order valence-electron chi connectivity index (χ2n) is 5.85. The van der Waals surface area contributed by atoms with Crippen molar-refractivity contribution in [3.8, 4) is 17.1 Å². The molecule has 2 aromatic carbocycles. The highest BCUT2D eigenvalue weighted by molar-refractivity contribution is 5.90. The van der Waals surface area contributed by atoms with Gasteiger partial charge in [-0.15, -0.1) is 0 Å². The fourth-order valence-electron chi connectivity index (χ4n) is 2.56. The van der Waals surface area contributed by atoms with Crippen molar-refractivity contribution in [1.29, 1.82) is 0 Å². The molecule has 0 unspecified atom stereocenters. The van der Waals surface area contributed by atoms with Crippen LogP contribution in [0, 0.1) is 5.82 Å². The first-order valence-electron chi connectivity index (χ1n) is 8.76. The van der Waals surface area contributed by atoms with Gasteiger partial charge in [-0.05, 0) is 49.7 Å². The van der Waals surface area contributed by atoms with Gasteiger partial charge in [-0.25, -0.2) is 4.39 Å². The first kappa shape index (κ1) is 18.6. The summed E-state index contributed by atoms with van der Waals surface area (Å²) < 4.78 is 23.7. The number of ether oxygens (including phenoxy) is 1. The van der Waals surface area contributed by atoms with Crippen LogP contribution in [0.2, 0.25) is 0 Å². The molecule has 0 saturated carbocycles. The van der Waals surface area contributed by atoms with E-state index in [1.54, 1.807) is 0 Å². The van der Waals surface area contributed by atoms with Crippen molar-refractivity contribution >= 4 is 11.6 Å². The molecule has 0 bridgehead atoms. The van der Waals surface area contributed by atoms with Crippen LogP contribution in [-0.4, -0.2) is 22.7 Å². The van der Waals surface area contributed by atoms with E-state index in [1.165, 1.54) is 24.3 Å². The van der Waals surface area contributed by atoms with Gasteiger partial charge < -0.3 is 14.6 Å². The Balaban J connectivity index is 1.52. The van der Waals surface area contributed by atoms with Crippen LogP contribution in [0.5, 0.6) is 5.75 Å². The SMILES string of the molecule is CCOc1ccccc1-c1noc(CCCC(=O)Nc2ccc(F)cc2)n1. The zero-order valence-electron chi connectivity index (χ0n) is 14.9. The third-order valence-electron chi connectivity index (χ3n) is 3.82. The Morgan fingerprint density at radius 2 is 1.96 bits per heavy atom. The van der Waals surface area contributed by atoms with Gasteiger partial charge in [-0.2, -0.15) is 4.98 Å². The zero-order chi connectivity index (χ0) is 19.1. The number of carbonyl (C=O) groups is 1. The fraction of sp³-hybridized carbons (Fsp3) is 0.250. The number of carbonyl (C=O) groups excluding carboxylic acids is 1. The molecule has 0 atom stereocenters. The smallest absolute Gasteiger partial charge is 0.226 e. The molecule has 0 aliphatic heterocycles. The summed E-state index contributed by atoms with van der Waals surface area (Å²) in [5, 5.41) is 6.72. The van der Waals surface area contributed by atoms with Gasteiger partial charge >= 0.3 is 0 Å². The highest BCUT2D eigenvalue weighted by Crippen LogP contribution is 2.27. The number of halogens is 1. The van der Waals surface area contributed by atoms with Gasteiger partial charge in [0.25, 0.3) is 0 Å². The van der Waals surface area contributed by atoms with Crippen molar-refractivity contribution in [1.82, 2.24) is 10.1 Å². The summed E-state index contributed by atoms with van der Waals surface area (Å²) >= 11 is 0. The second kappa shape index (κ2) is 8.93. The van der Waals surface area contributed by atoms with E-state index in [9.17, 15) is 9.18 Å². The lowest BCUT2D eigenvalue weighted by Gasteiger charge is -2.06. The highest BCUT2D eigenvalue weighted by atomic mass is 19.1. The van der Waals surface area contributed by atoms with Gasteiger partial charge in [-0.3, -0.25) is 4.79 Å². The van der Waals surface area contributed by atoms with Crippen LogP contribution in [0.25, 0.3) is 11.4 Å². The minimum atomic E-state index is -0.342. The molecule has 0 aliphatic rings. The van der Waals surface area contributed by atoms with E-state index in [2.05, 4.69) is 15.5 Å². The molecule has 1 N–H and O–H groups in total. The number of nitrogens with one attached hydrogen (secondary N) is 1. The quantitative estimate of drug-likeness (QED) is 0.643. The normalized spacial score (nSPS) is 10.6. The molecule has 0 aliphatic carbocycles. The Morgan fingerprint density at radius 1 is 1.19 bits per heavy atom. The Labute approximate surface area is 156 Å². The summed E-state index contributed by atoms with van der Waals surface area (Å²) in [5.41, 5.74) is 1.33. The number of hydrogen-bond donors (Lipinski definition) is 1. The molecule has 7 heteroatoms. The number of anilines is 1. The van der Waals surface area contributed by atoms with E-state index in [0.717, 1.165) is 5.56 Å². The van der Waals surface area contributed by atoms with Crippen LogP contribution in [0.4, 0.5) is 10.1 Å². The summed E-state index contributed by atoms with van der Waals surface area (Å²) in [6.07, 6.45) is 1.34. The average molecular weight is 369 g/mol. The van der Waals surface area contributed by atoms with Crippen LogP contribution in [0.1, 0.15) is 25.7 Å². The summed E-state index contributed by atoms with van der Waals surface area (Å²) in [4.78, 5) is 16.3. The minimum Gasteiger partial charge on any atom is -0.493 e. The number of benzene rings is 2. The summed E-state index contributed by atoms with van der Waals surface area (Å²) in [5.74, 6) is 1.14. The van der Waals surface area contributed by atoms with E-state index >= 15 is 0 Å². The Kier molecular flexibility index (Phi) is 6.14. The maximum Gasteiger partial charge on any atom is 0.226 e. The molecule has 6 nitrogen and oxygen atoms in total. The molecule has 0 saturated heterocycles. The van der Waals surface area contributed by atoms with Crippen LogP contribution < -0.4 is 10.1 Å². The number of rotatable bonds is 8. The van der Waals surface area contributed by atoms with Gasteiger partial charge in [0.2, 0.25) is 17.6 Å². The molecule has 0 spiro atoms. The van der Waals surface area contributed by atoms with Crippen molar-refractivity contribution in [2.45, 2.75) is 26.2 Å². The van der Waals surface area contributed by atoms with E-state index in [1.807, 2.05) is 31.2 Å². The van der Waals surface area contributed by atoms with Crippen molar-refractivity contribution < 1.29 is 18.4 Å². The zero-order valence-corrected chi connectivity index (χ0v) is 14.9. The standard InChI is InChI=1S/C20H20FN3O3/c1-2-26-17-7-4-3-6-16(17)20-23-19(27-24-20)9-5-8-18(25)22-15-12-10-14(21)11-13-15/h3-4,6-7,10-13H,2,5,8-9H2,1H3,(H,22,25). The number of amides is 1. The third kappa shape index (κ3) is 5.13. The predicted molar refractivity (Wildman–Crippen MR) is 98.9 cm³/mol. The lowest BCUT2D eigenvalue weighted by atomic mass is 10.2. The molecule has 0 fully saturated rings. The van der Waals surface area contributed by atoms with Crippen molar-refractivity contribution in [2.75, 3.05) is 11.9 Å². The number of aryl methyl sites for hydroxylation is 1. The summed E-state index contributed by atoms with van der Waals surface area (Å²) in [6, 6.07) is 13.1. The van der Waals surface area contributed by atoms with Crippen molar-refractivity contribution in [2.24, 2.45) is 0 Å². The van der Waals surface area contributed by atoms with Gasteiger partial charge in [0.1, 0.15) is 11.6 Å². The van der Waals surface area contributed by atoms with Crippen LogP contribution in [0.3, 0.4) is 0 Å². The molecule has 140 valence electrons. The van der Waals surface area contributed by atoms with Crippen molar-refractivity contribution in [3.63, 3.8) is 0 Å². The second-order valence-corrected chi connectivity index (χ2v) is 5.85. The number of aromatic nitrogens is 2. The van der Waals surface area contributed by atoms with Gasteiger partial charge in [-0.1, -0.05) is 17.3 Å². The largest absolute Gasteiger partial charge is 0.493 e. The van der Waals surface area contributed by atoms with Crippen LogP contribution in [-0.2, 0) is 11.2 Å². The lowest BCUT2D eigenvalue weighted by molar-refractivity contribution is -0.116. The molecule has 0 radical (unpaired) electrons. The van der Waals surface area contributed by atoms with E-state index in [4.69, 9.17) is 9.26 Å². The monoisotopic (exact) mass is 369 g/mol. The number of hydrogen-bond acceptors (Lipinski definition) is 5. The number of para-hydroxylation sites is 1. The molecule has 1 heterocycles. The van der Waals surface area contributed by atoms with Gasteiger partial charge in [0.15, 0.2) is 0 Å². The summed E-state index contributed by atoms with van der Waals surface area (Å²) in [7, 11) is 0. The Morgan fingerprint density at radius 3 is 2.74 bits per heavy atom. The van der Waals surface area contributed by atoms with E-state index in [-0.39, 0.29) is 11.7 Å². The first-order valence-corrected chi connectivity index (χ1v) is 8.76. The lowest BCUT2D eigenvalue weighted by Crippen LogP contribution is -2.11. The van der Waals surface area contributed by atoms with Gasteiger partial charge in [0.05, 0.1) is 12.2 Å². The molecule has 1 amide bonds. The Hall–Kier alpha value is -3.22. The van der Waals surface area contributed by atoms with E-state index < -0.39 is 0 Å². The maximum absolute atomic E-state index is 12.9. The fourth-order valence-corrected chi connectivity index (χ4v) is 2.56. The summed E-state index contributed by atoms with van der Waals surface area (Å²) in [6.45, 7) is 2.46. The van der Waals surface area contributed by atoms with Crippen LogP contribution in [0.15, 0.2) is 53.1 Å². The average Bonchev–Trinajstić information content (AvgIpc) is 3.13. The maximum atomic E-state index is 12.9. The predicted octanol–water partition coefficient (Wildman–Crippen LogP) is 4.24. The van der Waals surface area contributed by atoms with Crippen molar-refractivity contribution in [3.05, 3.63) is 60.2 Å². The van der Waals surface area contributed by atoms with E-state index in [0.29, 0.717) is 49.0 Å². The molecule has 1 aromatic heterocycles. The van der Waals surface area contributed by atoms with Gasteiger partial charge in [0, 0.05) is 18.5 Å². The molecule has 3 rings (SSSR count). The molecule has 3 aromatic rings. The molecular weight excluding hydrogens is 349 g/mol. The minimum absolute atomic E-state index is 0.150.